The van der Waals surface area contributed by atoms with Gasteiger partial charge in [-0.25, -0.2) is 23.1 Å². The Morgan fingerprint density at radius 3 is 2.89 bits per heavy atom. The van der Waals surface area contributed by atoms with Crippen LogP contribution in [-0.2, 0) is 12.2 Å². The van der Waals surface area contributed by atoms with Gasteiger partial charge >= 0.3 is 0 Å². The Hall–Kier alpha value is -2.49. The first-order valence-electron chi connectivity index (χ1n) is 8.02. The van der Waals surface area contributed by atoms with E-state index in [0.29, 0.717) is 0 Å². The molecule has 0 saturated carbocycles. The predicted octanol–water partition coefficient (Wildman–Crippen LogP) is 3.54. The number of nitrogens with two attached hydrogens (primary N) is 1. The maximum absolute atomic E-state index is 14.9. The van der Waals surface area contributed by atoms with Gasteiger partial charge in [-0.3, -0.25) is 4.79 Å². The molecule has 0 fully saturated rings. The molecule has 10 heteroatoms. The third-order valence-electron chi connectivity index (χ3n) is 4.27. The van der Waals surface area contributed by atoms with Crippen molar-refractivity contribution in [3.63, 3.8) is 0 Å². The average molecular weight is 398 g/mol. The van der Waals surface area contributed by atoms with E-state index in [1.54, 1.807) is 6.92 Å². The molecule has 1 aromatic carbocycles. The van der Waals surface area contributed by atoms with Gasteiger partial charge in [0, 0.05) is 16.5 Å². The van der Waals surface area contributed by atoms with Crippen LogP contribution in [0.4, 0.5) is 18.9 Å². The molecular formula is C17H17F3N4O2S. The van der Waals surface area contributed by atoms with Gasteiger partial charge in [0.05, 0.1) is 0 Å². The van der Waals surface area contributed by atoms with E-state index in [1.165, 1.54) is 19.1 Å². The summed E-state index contributed by atoms with van der Waals surface area (Å²) in [5.41, 5.74) is 4.27. The lowest BCUT2D eigenvalue weighted by atomic mass is 9.85. The minimum absolute atomic E-state index is 0.0347. The smallest absolute Gasteiger partial charge is 0.277 e. The van der Waals surface area contributed by atoms with Crippen LogP contribution in [0.25, 0.3) is 0 Å². The third kappa shape index (κ3) is 3.66. The number of hydrogen-bond donors (Lipinski definition) is 2. The van der Waals surface area contributed by atoms with E-state index >= 15 is 0 Å². The monoisotopic (exact) mass is 398 g/mol. The molecule has 0 bridgehead atoms. The van der Waals surface area contributed by atoms with Gasteiger partial charge in [-0.15, -0.1) is 0 Å². The minimum atomic E-state index is -1.53. The summed E-state index contributed by atoms with van der Waals surface area (Å²) < 4.78 is 46.6. The zero-order valence-electron chi connectivity index (χ0n) is 14.5. The fraction of sp³-hybridized carbons (Fsp3) is 0.353. The Bertz CT molecular complexity index is 904. The molecule has 1 amide bonds. The van der Waals surface area contributed by atoms with Crippen molar-refractivity contribution in [1.29, 1.82) is 0 Å². The molecule has 144 valence electrons. The van der Waals surface area contributed by atoms with Crippen LogP contribution < -0.4 is 11.1 Å². The maximum atomic E-state index is 14.9. The number of amidine groups is 1. The number of nitrogens with one attached hydrogen (secondary N) is 1. The fourth-order valence-corrected chi connectivity index (χ4v) is 3.90. The number of aromatic nitrogens is 1. The van der Waals surface area contributed by atoms with E-state index in [1.807, 2.05) is 0 Å². The van der Waals surface area contributed by atoms with Gasteiger partial charge in [0.1, 0.15) is 23.8 Å². The van der Waals surface area contributed by atoms with Gasteiger partial charge in [0.15, 0.2) is 17.5 Å². The second-order valence-electron chi connectivity index (χ2n) is 6.23. The van der Waals surface area contributed by atoms with Crippen molar-refractivity contribution < 1.29 is 22.4 Å². The number of hydrogen-bond acceptors (Lipinski definition) is 6. The number of halogens is 3. The highest BCUT2D eigenvalue weighted by molar-refractivity contribution is 8.14. The van der Waals surface area contributed by atoms with Crippen molar-refractivity contribution in [2.45, 2.75) is 37.5 Å². The highest BCUT2D eigenvalue weighted by Crippen LogP contribution is 2.42. The predicted molar refractivity (Wildman–Crippen MR) is 96.6 cm³/mol. The van der Waals surface area contributed by atoms with Crippen LogP contribution in [0.2, 0.25) is 0 Å². The van der Waals surface area contributed by atoms with Crippen molar-refractivity contribution in [3.05, 3.63) is 47.4 Å². The number of carbonyl (C=O) groups excluding carboxylic acids is 1. The summed E-state index contributed by atoms with van der Waals surface area (Å²) in [6.07, 6.45) is -0.476. The van der Waals surface area contributed by atoms with E-state index in [2.05, 4.69) is 15.3 Å². The lowest BCUT2D eigenvalue weighted by Crippen LogP contribution is -2.44. The van der Waals surface area contributed by atoms with E-state index in [9.17, 15) is 18.0 Å². The van der Waals surface area contributed by atoms with E-state index in [-0.39, 0.29) is 28.0 Å². The molecule has 0 spiro atoms. The largest absolute Gasteiger partial charge is 0.445 e. The highest BCUT2D eigenvalue weighted by Gasteiger charge is 2.45. The Balaban J connectivity index is 1.92. The number of nitrogens with zero attached hydrogens (tertiary/aromatic N) is 2. The molecule has 1 aromatic heterocycles. The number of amides is 1. The van der Waals surface area contributed by atoms with Gasteiger partial charge in [0.2, 0.25) is 5.89 Å². The topological polar surface area (TPSA) is 93.5 Å². The van der Waals surface area contributed by atoms with Crippen LogP contribution in [0.5, 0.6) is 0 Å². The summed E-state index contributed by atoms with van der Waals surface area (Å²) in [7, 11) is 0. The van der Waals surface area contributed by atoms with Crippen LogP contribution in [0, 0.1) is 5.82 Å². The van der Waals surface area contributed by atoms with Crippen molar-refractivity contribution in [3.8, 4) is 0 Å². The van der Waals surface area contributed by atoms with Gasteiger partial charge in [-0.2, -0.15) is 0 Å². The lowest BCUT2D eigenvalue weighted by molar-refractivity contribution is 0.102. The van der Waals surface area contributed by atoms with Crippen molar-refractivity contribution in [1.82, 2.24) is 4.98 Å². The van der Waals surface area contributed by atoms with Gasteiger partial charge in [0.25, 0.3) is 5.91 Å². The molecule has 1 aliphatic heterocycles. The van der Waals surface area contributed by atoms with Crippen LogP contribution in [0.3, 0.4) is 0 Å². The van der Waals surface area contributed by atoms with Crippen molar-refractivity contribution >= 4 is 28.5 Å². The van der Waals surface area contributed by atoms with E-state index in [0.717, 1.165) is 24.1 Å². The maximum Gasteiger partial charge on any atom is 0.277 e. The first-order chi connectivity index (χ1) is 12.7. The molecule has 2 heterocycles. The molecule has 27 heavy (non-hydrogen) atoms. The van der Waals surface area contributed by atoms with Gasteiger partial charge in [-0.05, 0) is 32.0 Å². The van der Waals surface area contributed by atoms with Crippen LogP contribution >= 0.6 is 11.8 Å². The molecule has 6 nitrogen and oxygen atoms in total. The number of oxazole rings is 1. The number of benzene rings is 1. The third-order valence-corrected chi connectivity index (χ3v) is 5.21. The molecular weight excluding hydrogens is 381 g/mol. The van der Waals surface area contributed by atoms with Crippen LogP contribution in [0.1, 0.15) is 35.8 Å². The first kappa shape index (κ1) is 19.3. The van der Waals surface area contributed by atoms with Crippen molar-refractivity contribution in [2.24, 2.45) is 10.7 Å². The number of alkyl halides is 2. The second-order valence-corrected chi connectivity index (χ2v) is 7.63. The summed E-state index contributed by atoms with van der Waals surface area (Å²) in [5, 5.41) is 2.15. The Morgan fingerprint density at radius 1 is 1.48 bits per heavy atom. The summed E-state index contributed by atoms with van der Waals surface area (Å²) in [5.74, 6) is -1.57. The number of rotatable bonds is 4. The van der Waals surface area contributed by atoms with E-state index < -0.39 is 35.4 Å². The Kier molecular flexibility index (Phi) is 5.18. The number of anilines is 1. The quantitative estimate of drug-likeness (QED) is 0.822. The van der Waals surface area contributed by atoms with Gasteiger partial charge in [-0.1, -0.05) is 11.8 Å². The standard InChI is InChI=1S/C17H17F3N4O2S/c1-8-14(20)17(2,24-16(21)27-8)10-5-9(3-4-11(10)19)22-15(25)12-7-26-13(6-18)23-12/h3-5,7-8,14H,6H2,1-2H3,(H2,21,24)(H,22,25)/t8-,14+,17-/m1/s1. The molecule has 0 aliphatic carbocycles. The number of aliphatic imine (C=N–C) groups is 1. The molecule has 3 atom stereocenters. The summed E-state index contributed by atoms with van der Waals surface area (Å²) in [6.45, 7) is 2.15. The molecule has 2 aromatic rings. The zero-order chi connectivity index (χ0) is 19.8. The lowest BCUT2D eigenvalue weighted by Gasteiger charge is -2.37. The minimum Gasteiger partial charge on any atom is -0.445 e. The van der Waals surface area contributed by atoms with Crippen molar-refractivity contribution in [2.75, 3.05) is 5.32 Å². The highest BCUT2D eigenvalue weighted by atomic mass is 32.2. The summed E-state index contributed by atoms with van der Waals surface area (Å²) >= 11 is 1.08. The Morgan fingerprint density at radius 2 is 2.22 bits per heavy atom. The molecule has 0 saturated heterocycles. The molecule has 0 unspecified atom stereocenters. The normalized spacial score (nSPS) is 25.1. The number of thioether (sulfide) groups is 1. The van der Waals surface area contributed by atoms with Gasteiger partial charge < -0.3 is 15.5 Å². The molecule has 0 radical (unpaired) electrons. The first-order valence-corrected chi connectivity index (χ1v) is 8.90. The zero-order valence-corrected chi connectivity index (χ0v) is 15.3. The fourth-order valence-electron chi connectivity index (χ4n) is 2.90. The molecule has 3 rings (SSSR count). The Labute approximate surface area is 157 Å². The summed E-state index contributed by atoms with van der Waals surface area (Å²) in [4.78, 5) is 20.0. The molecule has 1 aliphatic rings. The van der Waals surface area contributed by atoms with Crippen LogP contribution in [0.15, 0.2) is 33.9 Å². The van der Waals surface area contributed by atoms with Crippen LogP contribution in [-0.4, -0.2) is 27.5 Å². The number of carbonyl (C=O) groups is 1. The van der Waals surface area contributed by atoms with E-state index in [4.69, 9.17) is 10.2 Å². The summed E-state index contributed by atoms with van der Waals surface area (Å²) in [6, 6.07) is 3.73. The molecule has 3 N–H and O–H groups in total. The SMILES string of the molecule is C[C@H]1SC(N)=N[C@](C)(c2cc(NC(=O)c3coc(CF)n3)ccc2F)[C@H]1F. The second kappa shape index (κ2) is 7.26. The average Bonchev–Trinajstić information content (AvgIpc) is 3.10.